The summed E-state index contributed by atoms with van der Waals surface area (Å²) in [6, 6.07) is 1.44. The lowest BCUT2D eigenvalue weighted by Gasteiger charge is -2.01. The highest BCUT2D eigenvalue weighted by Gasteiger charge is 2.24. The molecule has 0 saturated heterocycles. The molecular weight excluding hydrogens is 198 g/mol. The molecule has 70 valence electrons. The Labute approximate surface area is 79.5 Å². The molecule has 0 aliphatic heterocycles. The molecule has 0 spiro atoms. The van der Waals surface area contributed by atoms with Crippen molar-refractivity contribution in [2.24, 2.45) is 0 Å². The number of nitrogens with zero attached hydrogens (tertiary/aromatic N) is 1. The number of methoxy groups -OCH3 is 2. The van der Waals surface area contributed by atoms with Crippen LogP contribution in [-0.4, -0.2) is 26.2 Å². The molecule has 0 rings (SSSR count). The topological polar surface area (TPSA) is 76.4 Å². The van der Waals surface area contributed by atoms with E-state index in [1.54, 1.807) is 0 Å². The minimum atomic E-state index is -1.00. The predicted molar refractivity (Wildman–Crippen MR) is 42.5 cm³/mol. The average molecular weight is 204 g/mol. The zero-order chi connectivity index (χ0) is 10.4. The maximum absolute atomic E-state index is 10.9. The molecule has 0 saturated carbocycles. The molecule has 0 aromatic rings. The van der Waals surface area contributed by atoms with Crippen molar-refractivity contribution in [3.8, 4) is 6.07 Å². The zero-order valence-corrected chi connectivity index (χ0v) is 7.71. The third-order valence-corrected chi connectivity index (χ3v) is 1.37. The Bertz CT molecular complexity index is 284. The standard InChI is InChI=1S/C7H6ClNO4/c1-12-6(10)5(4(8)3-9)7(11)13-2/h1-2H3. The van der Waals surface area contributed by atoms with Crippen LogP contribution in [0.3, 0.4) is 0 Å². The van der Waals surface area contributed by atoms with Crippen LogP contribution >= 0.6 is 11.6 Å². The fraction of sp³-hybridized carbons (Fsp3) is 0.286. The van der Waals surface area contributed by atoms with Gasteiger partial charge in [-0.15, -0.1) is 0 Å². The second-order valence-corrected chi connectivity index (χ2v) is 2.16. The number of hydrogen-bond acceptors (Lipinski definition) is 5. The molecule has 0 aromatic carbocycles. The first-order valence-electron chi connectivity index (χ1n) is 3.05. The summed E-state index contributed by atoms with van der Waals surface area (Å²) in [5.74, 6) is -2.00. The van der Waals surface area contributed by atoms with Crippen LogP contribution in [0, 0.1) is 11.3 Å². The Hall–Kier alpha value is -1.54. The van der Waals surface area contributed by atoms with Gasteiger partial charge in [0, 0.05) is 0 Å². The zero-order valence-electron chi connectivity index (χ0n) is 6.96. The quantitative estimate of drug-likeness (QED) is 0.213. The lowest BCUT2D eigenvalue weighted by Crippen LogP contribution is -2.16. The van der Waals surface area contributed by atoms with E-state index in [0.29, 0.717) is 0 Å². The number of esters is 2. The summed E-state index contributed by atoms with van der Waals surface area (Å²) in [5.41, 5.74) is -0.603. The summed E-state index contributed by atoms with van der Waals surface area (Å²) in [7, 11) is 2.12. The Morgan fingerprint density at radius 2 is 1.62 bits per heavy atom. The van der Waals surface area contributed by atoms with E-state index in [0.717, 1.165) is 14.2 Å². The van der Waals surface area contributed by atoms with Gasteiger partial charge in [0.15, 0.2) is 5.57 Å². The molecule has 0 atom stereocenters. The van der Waals surface area contributed by atoms with Crippen molar-refractivity contribution in [3.63, 3.8) is 0 Å². The molecule has 0 radical (unpaired) electrons. The van der Waals surface area contributed by atoms with Gasteiger partial charge in [0.25, 0.3) is 0 Å². The van der Waals surface area contributed by atoms with Gasteiger partial charge in [-0.2, -0.15) is 5.26 Å². The Morgan fingerprint density at radius 1 is 1.23 bits per heavy atom. The molecule has 0 aliphatic carbocycles. The molecule has 5 nitrogen and oxygen atoms in total. The number of halogens is 1. The number of nitriles is 1. The van der Waals surface area contributed by atoms with Gasteiger partial charge >= 0.3 is 11.9 Å². The van der Waals surface area contributed by atoms with Gasteiger partial charge < -0.3 is 9.47 Å². The van der Waals surface area contributed by atoms with Crippen LogP contribution in [0.4, 0.5) is 0 Å². The predicted octanol–water partition coefficient (Wildman–Crippen LogP) is 0.349. The van der Waals surface area contributed by atoms with E-state index < -0.39 is 22.5 Å². The van der Waals surface area contributed by atoms with Crippen molar-refractivity contribution < 1.29 is 19.1 Å². The first-order valence-corrected chi connectivity index (χ1v) is 3.42. The number of hydrogen-bond donors (Lipinski definition) is 0. The van der Waals surface area contributed by atoms with E-state index in [4.69, 9.17) is 16.9 Å². The lowest BCUT2D eigenvalue weighted by atomic mass is 10.2. The molecule has 0 heterocycles. The molecule has 0 aromatic heterocycles. The van der Waals surface area contributed by atoms with Crippen molar-refractivity contribution in [3.05, 3.63) is 10.6 Å². The maximum Gasteiger partial charge on any atom is 0.347 e. The Kier molecular flexibility index (Phi) is 4.55. The fourth-order valence-electron chi connectivity index (χ4n) is 0.523. The first-order chi connectivity index (χ1) is 6.08. The van der Waals surface area contributed by atoms with Crippen molar-refractivity contribution in [2.45, 2.75) is 0 Å². The highest BCUT2D eigenvalue weighted by atomic mass is 35.5. The Balaban J connectivity index is 5.13. The molecule has 6 heteroatoms. The average Bonchev–Trinajstić information content (AvgIpc) is 2.16. The molecule has 0 unspecified atom stereocenters. The third-order valence-electron chi connectivity index (χ3n) is 1.10. The van der Waals surface area contributed by atoms with E-state index in [2.05, 4.69) is 9.47 Å². The summed E-state index contributed by atoms with van der Waals surface area (Å²) in [5, 5.41) is 7.78. The van der Waals surface area contributed by atoms with Gasteiger partial charge in [0.05, 0.1) is 14.2 Å². The number of carbonyl (C=O) groups is 2. The summed E-state index contributed by atoms with van der Waals surface area (Å²) in [6.45, 7) is 0. The van der Waals surface area contributed by atoms with Crippen LogP contribution in [0.2, 0.25) is 0 Å². The number of rotatable bonds is 2. The summed E-state index contributed by atoms with van der Waals surface area (Å²) < 4.78 is 8.45. The molecule has 0 N–H and O–H groups in total. The largest absolute Gasteiger partial charge is 0.465 e. The summed E-state index contributed by atoms with van der Waals surface area (Å²) in [4.78, 5) is 21.8. The van der Waals surface area contributed by atoms with Gasteiger partial charge in [0.2, 0.25) is 0 Å². The van der Waals surface area contributed by atoms with E-state index in [1.165, 1.54) is 6.07 Å². The van der Waals surface area contributed by atoms with Gasteiger partial charge in [-0.25, -0.2) is 9.59 Å². The highest BCUT2D eigenvalue weighted by molar-refractivity contribution is 6.37. The molecule has 0 bridgehead atoms. The third kappa shape index (κ3) is 2.76. The SMILES string of the molecule is COC(=O)C(C(=O)OC)=C(Cl)C#N. The van der Waals surface area contributed by atoms with Gasteiger partial charge in [-0.3, -0.25) is 0 Å². The minimum Gasteiger partial charge on any atom is -0.465 e. The second kappa shape index (κ2) is 5.17. The van der Waals surface area contributed by atoms with Gasteiger partial charge in [-0.1, -0.05) is 11.6 Å². The van der Waals surface area contributed by atoms with Crippen LogP contribution < -0.4 is 0 Å². The van der Waals surface area contributed by atoms with E-state index in [1.807, 2.05) is 0 Å². The summed E-state index contributed by atoms with van der Waals surface area (Å²) >= 11 is 5.30. The summed E-state index contributed by atoms with van der Waals surface area (Å²) in [6.07, 6.45) is 0. The van der Waals surface area contributed by atoms with Crippen molar-refractivity contribution in [1.29, 1.82) is 5.26 Å². The van der Waals surface area contributed by atoms with Crippen LogP contribution in [0.1, 0.15) is 0 Å². The van der Waals surface area contributed by atoms with Gasteiger partial charge in [-0.05, 0) is 0 Å². The van der Waals surface area contributed by atoms with Gasteiger partial charge in [0.1, 0.15) is 11.1 Å². The number of carbonyl (C=O) groups excluding carboxylic acids is 2. The lowest BCUT2D eigenvalue weighted by molar-refractivity contribution is -0.144. The van der Waals surface area contributed by atoms with Crippen molar-refractivity contribution in [2.75, 3.05) is 14.2 Å². The van der Waals surface area contributed by atoms with Crippen LogP contribution in [0.15, 0.2) is 10.6 Å². The number of ether oxygens (including phenoxy) is 2. The van der Waals surface area contributed by atoms with Crippen LogP contribution in [-0.2, 0) is 19.1 Å². The molecule has 0 fully saturated rings. The molecule has 13 heavy (non-hydrogen) atoms. The molecule has 0 aliphatic rings. The van der Waals surface area contributed by atoms with Crippen LogP contribution in [0.25, 0.3) is 0 Å². The highest BCUT2D eigenvalue weighted by Crippen LogP contribution is 2.11. The van der Waals surface area contributed by atoms with Crippen molar-refractivity contribution in [1.82, 2.24) is 0 Å². The number of allylic oxidation sites excluding steroid dienone is 1. The first kappa shape index (κ1) is 11.5. The van der Waals surface area contributed by atoms with E-state index in [-0.39, 0.29) is 0 Å². The minimum absolute atomic E-state index is 0.557. The van der Waals surface area contributed by atoms with Crippen molar-refractivity contribution >= 4 is 23.5 Å². The Morgan fingerprint density at radius 3 is 1.85 bits per heavy atom. The van der Waals surface area contributed by atoms with E-state index >= 15 is 0 Å². The normalized spacial score (nSPS) is 8.15. The monoisotopic (exact) mass is 203 g/mol. The maximum atomic E-state index is 10.9. The second-order valence-electron chi connectivity index (χ2n) is 1.78. The molecule has 0 amide bonds. The van der Waals surface area contributed by atoms with E-state index in [9.17, 15) is 9.59 Å². The smallest absolute Gasteiger partial charge is 0.347 e. The van der Waals surface area contributed by atoms with Crippen LogP contribution in [0.5, 0.6) is 0 Å². The fourth-order valence-corrected chi connectivity index (χ4v) is 0.677. The molecular formula is C7H6ClNO4.